The normalized spacial score (nSPS) is 9.95. The van der Waals surface area contributed by atoms with Crippen LogP contribution in [0, 0.1) is 11.8 Å². The lowest BCUT2D eigenvalue weighted by Gasteiger charge is -2.04. The molecule has 2 rings (SSSR count). The number of hydrogen-bond donors (Lipinski definition) is 2. The quantitative estimate of drug-likeness (QED) is 0.627. The molecule has 6 heteroatoms. The molecule has 2 aromatic rings. The number of aryl methyl sites for hydroxylation is 1. The van der Waals surface area contributed by atoms with Gasteiger partial charge in [0.05, 0.1) is 22.6 Å². The Bertz CT molecular complexity index is 622. The van der Waals surface area contributed by atoms with Crippen LogP contribution in [0.5, 0.6) is 0 Å². The van der Waals surface area contributed by atoms with Gasteiger partial charge < -0.3 is 15.6 Å². The monoisotopic (exact) mass is 302 g/mol. The van der Waals surface area contributed by atoms with E-state index >= 15 is 0 Å². The van der Waals surface area contributed by atoms with E-state index in [0.717, 1.165) is 24.3 Å². The largest absolute Gasteiger partial charge is 0.351 e. The molecule has 0 aliphatic heterocycles. The Hall–Kier alpha value is -2.10. The van der Waals surface area contributed by atoms with Crippen LogP contribution in [0.25, 0.3) is 0 Å². The predicted octanol–water partition coefficient (Wildman–Crippen LogP) is 1.46. The summed E-state index contributed by atoms with van der Waals surface area (Å²) in [5.74, 6) is 5.67. The van der Waals surface area contributed by atoms with Crippen molar-refractivity contribution in [2.24, 2.45) is 5.73 Å². The fourth-order valence-electron chi connectivity index (χ4n) is 1.79. The maximum Gasteiger partial charge on any atom is 0.261 e. The third-order valence-corrected chi connectivity index (χ3v) is 3.83. The zero-order valence-electron chi connectivity index (χ0n) is 11.7. The lowest BCUT2D eigenvalue weighted by molar-refractivity contribution is 0.0957. The van der Waals surface area contributed by atoms with Gasteiger partial charge in [-0.15, -0.1) is 11.3 Å². The van der Waals surface area contributed by atoms with Gasteiger partial charge in [-0.2, -0.15) is 0 Å². The van der Waals surface area contributed by atoms with E-state index in [1.54, 1.807) is 18.6 Å². The number of rotatable bonds is 6. The highest BCUT2D eigenvalue weighted by Crippen LogP contribution is 2.15. The van der Waals surface area contributed by atoms with Crippen molar-refractivity contribution in [3.8, 4) is 11.8 Å². The molecule has 110 valence electrons. The summed E-state index contributed by atoms with van der Waals surface area (Å²) in [5.41, 5.74) is 5.32. The molecule has 21 heavy (non-hydrogen) atoms. The number of carbonyl (C=O) groups is 1. The predicted molar refractivity (Wildman–Crippen MR) is 84.0 cm³/mol. The molecule has 0 atom stereocenters. The molecule has 0 unspecified atom stereocenters. The molecule has 0 saturated heterocycles. The summed E-state index contributed by atoms with van der Waals surface area (Å²) < 4.78 is 2.03. The summed E-state index contributed by atoms with van der Waals surface area (Å²) in [6.45, 7) is 1.93. The van der Waals surface area contributed by atoms with Crippen molar-refractivity contribution in [1.29, 1.82) is 0 Å². The Kier molecular flexibility index (Phi) is 6.00. The van der Waals surface area contributed by atoms with E-state index < -0.39 is 0 Å². The van der Waals surface area contributed by atoms with Gasteiger partial charge in [0.1, 0.15) is 0 Å². The molecule has 0 aliphatic carbocycles. The Morgan fingerprint density at radius 2 is 2.33 bits per heavy atom. The first kappa shape index (κ1) is 15.3. The fourth-order valence-corrected chi connectivity index (χ4v) is 2.59. The molecule has 0 fully saturated rings. The molecule has 0 saturated carbocycles. The van der Waals surface area contributed by atoms with E-state index in [4.69, 9.17) is 5.73 Å². The molecule has 0 aromatic carbocycles. The van der Waals surface area contributed by atoms with E-state index in [-0.39, 0.29) is 5.91 Å². The molecule has 1 amide bonds. The molecular formula is C15H18N4OS. The first-order valence-electron chi connectivity index (χ1n) is 6.82. The lowest BCUT2D eigenvalue weighted by Crippen LogP contribution is -2.23. The van der Waals surface area contributed by atoms with Gasteiger partial charge in [-0.25, -0.2) is 4.98 Å². The van der Waals surface area contributed by atoms with Gasteiger partial charge in [-0.3, -0.25) is 4.79 Å². The number of amides is 1. The maximum absolute atomic E-state index is 11.9. The van der Waals surface area contributed by atoms with Crippen molar-refractivity contribution < 1.29 is 4.79 Å². The molecule has 2 heterocycles. The van der Waals surface area contributed by atoms with Crippen LogP contribution in [0.15, 0.2) is 30.9 Å². The van der Waals surface area contributed by atoms with Crippen LogP contribution < -0.4 is 11.1 Å². The lowest BCUT2D eigenvalue weighted by atomic mass is 10.3. The summed E-state index contributed by atoms with van der Waals surface area (Å²) in [5, 5.41) is 2.92. The second-order valence-electron chi connectivity index (χ2n) is 4.43. The minimum atomic E-state index is -0.0385. The average molecular weight is 302 g/mol. The van der Waals surface area contributed by atoms with Crippen LogP contribution in [-0.4, -0.2) is 28.5 Å². The first-order valence-corrected chi connectivity index (χ1v) is 7.64. The minimum Gasteiger partial charge on any atom is -0.351 e. The standard InChI is InChI=1S/C15H18N4OS/c16-7-3-4-13-5-6-14(21-13)15(20)18-8-1-2-10-19-11-9-17-12-19/h5-6,9,11-12H,1-2,7-8,10,16H2,(H,18,20). The van der Waals surface area contributed by atoms with Crippen LogP contribution in [-0.2, 0) is 6.54 Å². The minimum absolute atomic E-state index is 0.0385. The smallest absolute Gasteiger partial charge is 0.261 e. The van der Waals surface area contributed by atoms with Crippen molar-refractivity contribution >= 4 is 17.2 Å². The SMILES string of the molecule is NCC#Cc1ccc(C(=O)NCCCCn2ccnc2)s1. The third kappa shape index (κ3) is 5.06. The van der Waals surface area contributed by atoms with Crippen molar-refractivity contribution in [2.45, 2.75) is 19.4 Å². The Labute approximate surface area is 128 Å². The molecule has 0 radical (unpaired) electrons. The van der Waals surface area contributed by atoms with Gasteiger partial charge >= 0.3 is 0 Å². The van der Waals surface area contributed by atoms with Crippen LogP contribution in [0.4, 0.5) is 0 Å². The van der Waals surface area contributed by atoms with Gasteiger partial charge in [0.25, 0.3) is 5.91 Å². The number of nitrogens with two attached hydrogens (primary N) is 1. The zero-order chi connectivity index (χ0) is 14.9. The summed E-state index contributed by atoms with van der Waals surface area (Å²) in [7, 11) is 0. The number of unbranched alkanes of at least 4 members (excludes halogenated alkanes) is 1. The van der Waals surface area contributed by atoms with Crippen LogP contribution >= 0.6 is 11.3 Å². The average Bonchev–Trinajstić information content (AvgIpc) is 3.16. The van der Waals surface area contributed by atoms with Crippen LogP contribution in [0.3, 0.4) is 0 Å². The van der Waals surface area contributed by atoms with E-state index in [0.29, 0.717) is 18.0 Å². The Morgan fingerprint density at radius 3 is 3.10 bits per heavy atom. The highest BCUT2D eigenvalue weighted by molar-refractivity contribution is 7.14. The van der Waals surface area contributed by atoms with E-state index in [2.05, 4.69) is 22.1 Å². The van der Waals surface area contributed by atoms with Gasteiger partial charge in [-0.1, -0.05) is 11.8 Å². The molecule has 5 nitrogen and oxygen atoms in total. The van der Waals surface area contributed by atoms with E-state index in [1.807, 2.05) is 16.8 Å². The number of nitrogens with one attached hydrogen (secondary N) is 1. The number of nitrogens with zero attached hydrogens (tertiary/aromatic N) is 2. The van der Waals surface area contributed by atoms with Gasteiger partial charge in [-0.05, 0) is 25.0 Å². The first-order chi connectivity index (χ1) is 10.3. The van der Waals surface area contributed by atoms with Gasteiger partial charge in [0, 0.05) is 25.5 Å². The number of carbonyl (C=O) groups excluding carboxylic acids is 1. The van der Waals surface area contributed by atoms with Gasteiger partial charge in [0.2, 0.25) is 0 Å². The van der Waals surface area contributed by atoms with Crippen LogP contribution in [0.2, 0.25) is 0 Å². The number of aromatic nitrogens is 2. The molecule has 2 aromatic heterocycles. The third-order valence-electron chi connectivity index (χ3n) is 2.83. The molecule has 0 aliphatic rings. The highest BCUT2D eigenvalue weighted by atomic mass is 32.1. The van der Waals surface area contributed by atoms with Crippen molar-refractivity contribution in [1.82, 2.24) is 14.9 Å². The zero-order valence-corrected chi connectivity index (χ0v) is 12.5. The highest BCUT2D eigenvalue weighted by Gasteiger charge is 2.07. The summed E-state index contributed by atoms with van der Waals surface area (Å²) >= 11 is 1.39. The molecular weight excluding hydrogens is 284 g/mol. The van der Waals surface area contributed by atoms with Crippen molar-refractivity contribution in [2.75, 3.05) is 13.1 Å². The maximum atomic E-state index is 11.9. The number of thiophene rings is 1. The second kappa shape index (κ2) is 8.25. The number of hydrogen-bond acceptors (Lipinski definition) is 4. The molecule has 3 N–H and O–H groups in total. The summed E-state index contributed by atoms with van der Waals surface area (Å²) in [4.78, 5) is 17.5. The molecule has 0 bridgehead atoms. The van der Waals surface area contributed by atoms with E-state index in [9.17, 15) is 4.79 Å². The van der Waals surface area contributed by atoms with Crippen molar-refractivity contribution in [3.05, 3.63) is 40.6 Å². The van der Waals surface area contributed by atoms with Crippen molar-refractivity contribution in [3.63, 3.8) is 0 Å². The topological polar surface area (TPSA) is 72.9 Å². The fraction of sp³-hybridized carbons (Fsp3) is 0.333. The molecule has 0 spiro atoms. The summed E-state index contributed by atoms with van der Waals surface area (Å²) in [6, 6.07) is 3.65. The van der Waals surface area contributed by atoms with E-state index in [1.165, 1.54) is 11.3 Å². The van der Waals surface area contributed by atoms with Gasteiger partial charge in [0.15, 0.2) is 0 Å². The Balaban J connectivity index is 1.68. The summed E-state index contributed by atoms with van der Waals surface area (Å²) in [6.07, 6.45) is 7.45. The van der Waals surface area contributed by atoms with Crippen LogP contribution in [0.1, 0.15) is 27.4 Å². The Morgan fingerprint density at radius 1 is 1.43 bits per heavy atom. The second-order valence-corrected chi connectivity index (χ2v) is 5.52. The number of imidazole rings is 1.